The number of furan rings is 1. The van der Waals surface area contributed by atoms with Crippen LogP contribution in [0.1, 0.15) is 31.8 Å². The highest BCUT2D eigenvalue weighted by Crippen LogP contribution is 2.50. The number of aromatic hydroxyl groups is 7. The molecule has 1 heterocycles. The van der Waals surface area contributed by atoms with Gasteiger partial charge in [-0.1, -0.05) is 18.2 Å². The van der Waals surface area contributed by atoms with Crippen LogP contribution in [0.2, 0.25) is 0 Å². The molecule has 10 nitrogen and oxygen atoms in total. The second-order valence-electron chi connectivity index (χ2n) is 8.80. The molecule has 4 aromatic carbocycles. The first-order valence-electron chi connectivity index (χ1n) is 11.7. The van der Waals surface area contributed by atoms with Gasteiger partial charge < -0.3 is 40.2 Å². The first kappa shape index (κ1) is 25.7. The molecule has 200 valence electrons. The number of carbonyl (C=O) groups excluding carboxylic acids is 2. The van der Waals surface area contributed by atoms with Crippen LogP contribution in [-0.4, -0.2) is 47.3 Å². The predicted molar refractivity (Wildman–Crippen MR) is 143 cm³/mol. The molecule has 0 saturated carbocycles. The molecule has 0 fully saturated rings. The minimum Gasteiger partial charge on any atom is -0.508 e. The Kier molecular flexibility index (Phi) is 6.28. The van der Waals surface area contributed by atoms with Crippen molar-refractivity contribution in [3.8, 4) is 51.6 Å². The van der Waals surface area contributed by atoms with E-state index in [1.54, 1.807) is 0 Å². The van der Waals surface area contributed by atoms with Crippen LogP contribution in [0.4, 0.5) is 0 Å². The number of phenols is 7. The molecule has 0 aliphatic carbocycles. The summed E-state index contributed by atoms with van der Waals surface area (Å²) in [5.74, 6) is -6.00. The first-order chi connectivity index (χ1) is 19.1. The van der Waals surface area contributed by atoms with E-state index in [-0.39, 0.29) is 39.7 Å². The number of ketones is 2. The van der Waals surface area contributed by atoms with E-state index in [0.29, 0.717) is 5.56 Å². The van der Waals surface area contributed by atoms with Crippen molar-refractivity contribution in [3.05, 3.63) is 95.1 Å². The molecule has 0 unspecified atom stereocenters. The average Bonchev–Trinajstić information content (AvgIpc) is 3.32. The predicted octanol–water partition coefficient (Wildman–Crippen LogP) is 5.17. The molecule has 7 N–H and O–H groups in total. The van der Waals surface area contributed by atoms with Gasteiger partial charge in [-0.15, -0.1) is 0 Å². The fraction of sp³-hybridized carbons (Fsp3) is 0. The molecule has 0 amide bonds. The van der Waals surface area contributed by atoms with Gasteiger partial charge in [0, 0.05) is 11.6 Å². The van der Waals surface area contributed by atoms with Gasteiger partial charge in [0.2, 0.25) is 11.5 Å². The lowest BCUT2D eigenvalue weighted by Crippen LogP contribution is -2.03. The van der Waals surface area contributed by atoms with Gasteiger partial charge in [-0.3, -0.25) is 9.59 Å². The van der Waals surface area contributed by atoms with Crippen molar-refractivity contribution in [2.45, 2.75) is 0 Å². The lowest BCUT2D eigenvalue weighted by molar-refractivity contribution is 0.103. The van der Waals surface area contributed by atoms with Crippen LogP contribution in [-0.2, 0) is 0 Å². The zero-order valence-electron chi connectivity index (χ0n) is 20.4. The van der Waals surface area contributed by atoms with Gasteiger partial charge in [0.25, 0.3) is 0 Å². The van der Waals surface area contributed by atoms with Crippen LogP contribution in [0, 0.1) is 0 Å². The third-order valence-corrected chi connectivity index (χ3v) is 6.21. The fourth-order valence-electron chi connectivity index (χ4n) is 4.24. The lowest BCUT2D eigenvalue weighted by Gasteiger charge is -2.09. The first-order valence-corrected chi connectivity index (χ1v) is 11.7. The zero-order valence-corrected chi connectivity index (χ0v) is 20.4. The number of carbonyl (C=O) groups is 2. The number of benzene rings is 4. The number of fused-ring (bicyclic) bond motifs is 1. The molecule has 0 atom stereocenters. The van der Waals surface area contributed by atoms with Crippen molar-refractivity contribution < 1.29 is 49.8 Å². The van der Waals surface area contributed by atoms with Crippen molar-refractivity contribution >= 4 is 28.6 Å². The van der Waals surface area contributed by atoms with Crippen LogP contribution in [0.5, 0.6) is 40.2 Å². The highest BCUT2D eigenvalue weighted by molar-refractivity contribution is 6.26. The van der Waals surface area contributed by atoms with Gasteiger partial charge in [0.15, 0.2) is 22.9 Å². The van der Waals surface area contributed by atoms with Gasteiger partial charge in [-0.05, 0) is 60.2 Å². The summed E-state index contributed by atoms with van der Waals surface area (Å²) in [5.41, 5.74) is -0.925. The summed E-state index contributed by atoms with van der Waals surface area (Å²) in [4.78, 5) is 27.0. The topological polar surface area (TPSA) is 189 Å². The maximum Gasteiger partial charge on any atom is 0.202 e. The van der Waals surface area contributed by atoms with E-state index in [4.69, 9.17) is 4.42 Å². The average molecular weight is 540 g/mol. The Balaban J connectivity index is 1.79. The maximum absolute atomic E-state index is 13.8. The number of rotatable bonds is 6. The smallest absolute Gasteiger partial charge is 0.202 e. The summed E-state index contributed by atoms with van der Waals surface area (Å²) in [6, 6.07) is 14.5. The van der Waals surface area contributed by atoms with Crippen LogP contribution < -0.4 is 0 Å². The molecule has 5 aromatic rings. The summed E-state index contributed by atoms with van der Waals surface area (Å²) in [6.45, 7) is 0. The number of hydrogen-bond acceptors (Lipinski definition) is 10. The monoisotopic (exact) mass is 540 g/mol. The molecule has 1 aromatic heterocycles. The molecule has 0 aliphatic rings. The Morgan fingerprint density at radius 3 is 1.88 bits per heavy atom. The second-order valence-corrected chi connectivity index (χ2v) is 8.80. The van der Waals surface area contributed by atoms with E-state index < -0.39 is 51.1 Å². The Hall–Kier alpha value is -5.90. The summed E-state index contributed by atoms with van der Waals surface area (Å²) < 4.78 is 5.92. The summed E-state index contributed by atoms with van der Waals surface area (Å²) >= 11 is 0. The van der Waals surface area contributed by atoms with Gasteiger partial charge in [-0.25, -0.2) is 0 Å². The van der Waals surface area contributed by atoms with Crippen molar-refractivity contribution in [2.75, 3.05) is 0 Å². The Morgan fingerprint density at radius 2 is 1.25 bits per heavy atom. The maximum atomic E-state index is 13.8. The van der Waals surface area contributed by atoms with Gasteiger partial charge in [0.05, 0.1) is 16.5 Å². The molecule has 40 heavy (non-hydrogen) atoms. The van der Waals surface area contributed by atoms with E-state index in [1.165, 1.54) is 54.6 Å². The Labute approximate surface area is 225 Å². The summed E-state index contributed by atoms with van der Waals surface area (Å²) in [7, 11) is 0. The molecule has 0 saturated heterocycles. The highest BCUT2D eigenvalue weighted by atomic mass is 16.4. The summed E-state index contributed by atoms with van der Waals surface area (Å²) in [6.07, 6.45) is 2.44. The fourth-order valence-corrected chi connectivity index (χ4v) is 4.24. The Morgan fingerprint density at radius 1 is 0.650 bits per heavy atom. The van der Waals surface area contributed by atoms with E-state index in [9.17, 15) is 45.3 Å². The quantitative estimate of drug-likeness (QED) is 0.0860. The van der Waals surface area contributed by atoms with Crippen molar-refractivity contribution in [1.29, 1.82) is 0 Å². The molecule has 0 radical (unpaired) electrons. The van der Waals surface area contributed by atoms with Crippen molar-refractivity contribution in [3.63, 3.8) is 0 Å². The molecular formula is C30H20O10. The van der Waals surface area contributed by atoms with Crippen molar-refractivity contribution in [1.82, 2.24) is 0 Å². The number of allylic oxidation sites excluding steroid dienone is 1. The van der Waals surface area contributed by atoms with Crippen LogP contribution >= 0.6 is 0 Å². The zero-order chi connectivity index (χ0) is 28.7. The second kappa shape index (κ2) is 9.76. The molecule has 5 rings (SSSR count). The van der Waals surface area contributed by atoms with Gasteiger partial charge >= 0.3 is 0 Å². The summed E-state index contributed by atoms with van der Waals surface area (Å²) in [5, 5.41) is 70.9. The van der Waals surface area contributed by atoms with E-state index in [0.717, 1.165) is 24.3 Å². The Bertz CT molecular complexity index is 1830. The highest BCUT2D eigenvalue weighted by Gasteiger charge is 2.33. The van der Waals surface area contributed by atoms with Crippen LogP contribution in [0.3, 0.4) is 0 Å². The minimum absolute atomic E-state index is 0.0143. The third-order valence-electron chi connectivity index (χ3n) is 6.21. The largest absolute Gasteiger partial charge is 0.508 e. The van der Waals surface area contributed by atoms with Crippen molar-refractivity contribution in [2.24, 2.45) is 0 Å². The SMILES string of the molecule is O=C(C=Cc1ccc(O)cc1)c1c(O)c(O)c(O)c2c(C(=O)c3ccc(O)cc3O)c(-c3ccc(O)cc3)oc12. The van der Waals surface area contributed by atoms with E-state index >= 15 is 0 Å². The third kappa shape index (κ3) is 4.39. The molecule has 10 heteroatoms. The standard InChI is InChI=1S/C30H20O10/c31-16-6-1-14(2-7-16)3-12-20(34)22-26(37)28(39)27(38)24-23(25(36)19-11-10-18(33)13-21(19)35)29(40-30(22)24)15-4-8-17(32)9-5-15/h1-13,31-33,35,37-39H. The van der Waals surface area contributed by atoms with E-state index in [2.05, 4.69) is 0 Å². The van der Waals surface area contributed by atoms with Gasteiger partial charge in [-0.2, -0.15) is 0 Å². The molecule has 0 spiro atoms. The lowest BCUT2D eigenvalue weighted by atomic mass is 9.94. The number of hydrogen-bond donors (Lipinski definition) is 7. The molecular weight excluding hydrogens is 520 g/mol. The van der Waals surface area contributed by atoms with Crippen LogP contribution in [0.25, 0.3) is 28.4 Å². The normalized spacial score (nSPS) is 11.3. The van der Waals surface area contributed by atoms with Gasteiger partial charge in [0.1, 0.15) is 34.3 Å². The van der Waals surface area contributed by atoms with Crippen LogP contribution in [0.15, 0.2) is 77.2 Å². The molecule has 0 bridgehead atoms. The van der Waals surface area contributed by atoms with E-state index in [1.807, 2.05) is 0 Å². The number of phenolic OH excluding ortho intramolecular Hbond substituents is 7. The minimum atomic E-state index is -1.09. The molecule has 0 aliphatic heterocycles.